The predicted molar refractivity (Wildman–Crippen MR) is 67.9 cm³/mol. The summed E-state index contributed by atoms with van der Waals surface area (Å²) in [6, 6.07) is 7.31. The molecule has 0 aliphatic rings. The Bertz CT molecular complexity index is 454. The maximum Gasteiger partial charge on any atom is 0.141 e. The molecule has 2 atom stereocenters. The summed E-state index contributed by atoms with van der Waals surface area (Å²) in [7, 11) is -1.14. The fourth-order valence-electron chi connectivity index (χ4n) is 1.31. The van der Waals surface area contributed by atoms with Crippen molar-refractivity contribution < 1.29 is 8.95 Å². The number of hydrogen-bond acceptors (Lipinski definition) is 4. The fraction of sp³-hybridized carbons (Fsp3) is 0.417. The van der Waals surface area contributed by atoms with Crippen LogP contribution in [0.4, 0.5) is 5.69 Å². The monoisotopic (exact) mass is 252 g/mol. The summed E-state index contributed by atoms with van der Waals surface area (Å²) in [5, 5.41) is 8.53. The van der Waals surface area contributed by atoms with Gasteiger partial charge in [-0.25, -0.2) is 0 Å². The van der Waals surface area contributed by atoms with Crippen LogP contribution in [0.2, 0.25) is 0 Å². The van der Waals surface area contributed by atoms with Crippen molar-refractivity contribution in [3.8, 4) is 6.07 Å². The van der Waals surface area contributed by atoms with Gasteiger partial charge in [-0.05, 0) is 31.5 Å². The molecule has 0 fully saturated rings. The summed E-state index contributed by atoms with van der Waals surface area (Å²) in [6.45, 7) is 3.86. The normalized spacial score (nSPS) is 13.9. The molecule has 0 aromatic heterocycles. The second-order valence-corrected chi connectivity index (χ2v) is 5.26. The van der Waals surface area contributed by atoms with Crippen LogP contribution in [0.25, 0.3) is 0 Å². The average molecular weight is 252 g/mol. The topological polar surface area (TPSA) is 76.1 Å². The van der Waals surface area contributed by atoms with Crippen molar-refractivity contribution in [3.63, 3.8) is 0 Å². The second kappa shape index (κ2) is 6.38. The van der Waals surface area contributed by atoms with E-state index in [0.717, 1.165) is 10.5 Å². The van der Waals surface area contributed by atoms with Crippen LogP contribution in [0.15, 0.2) is 23.1 Å². The number of aryl methyl sites for hydroxylation is 1. The van der Waals surface area contributed by atoms with Crippen molar-refractivity contribution in [1.82, 2.24) is 0 Å². The van der Waals surface area contributed by atoms with E-state index in [2.05, 4.69) is 0 Å². The van der Waals surface area contributed by atoms with Gasteiger partial charge >= 0.3 is 0 Å². The van der Waals surface area contributed by atoms with Gasteiger partial charge in [0.15, 0.2) is 0 Å². The van der Waals surface area contributed by atoms with Gasteiger partial charge in [-0.3, -0.25) is 4.21 Å². The van der Waals surface area contributed by atoms with Crippen LogP contribution in [0, 0.1) is 18.3 Å². The van der Waals surface area contributed by atoms with E-state index in [1.54, 1.807) is 19.1 Å². The summed E-state index contributed by atoms with van der Waals surface area (Å²) < 4.78 is 17.1. The number of nitriles is 1. The molecule has 4 nitrogen and oxygen atoms in total. The highest BCUT2D eigenvalue weighted by Gasteiger charge is 2.08. The lowest BCUT2D eigenvalue weighted by atomic mass is 10.2. The standard InChI is InChI=1S/C12H16N2O2S/c1-9-3-4-11(14)7-12(9)17(15)6-5-16-10(2)8-13/h3-4,7,10H,5-6,14H2,1-2H3. The summed E-state index contributed by atoms with van der Waals surface area (Å²) in [4.78, 5) is 0.734. The molecule has 0 aliphatic heterocycles. The van der Waals surface area contributed by atoms with E-state index in [0.29, 0.717) is 18.0 Å². The van der Waals surface area contributed by atoms with E-state index < -0.39 is 16.9 Å². The number of hydrogen-bond donors (Lipinski definition) is 1. The maximum absolute atomic E-state index is 12.0. The minimum absolute atomic E-state index is 0.301. The van der Waals surface area contributed by atoms with Gasteiger partial charge in [0.1, 0.15) is 6.10 Å². The van der Waals surface area contributed by atoms with E-state index in [1.165, 1.54) is 0 Å². The van der Waals surface area contributed by atoms with Crippen LogP contribution in [0.1, 0.15) is 12.5 Å². The van der Waals surface area contributed by atoms with Gasteiger partial charge in [0, 0.05) is 10.6 Å². The molecule has 0 saturated heterocycles. The minimum Gasteiger partial charge on any atom is -0.399 e. The van der Waals surface area contributed by atoms with Crippen LogP contribution in [-0.2, 0) is 15.5 Å². The zero-order valence-corrected chi connectivity index (χ0v) is 10.8. The molecule has 0 aliphatic carbocycles. The minimum atomic E-state index is -1.14. The Morgan fingerprint density at radius 3 is 2.94 bits per heavy atom. The molecule has 1 rings (SSSR count). The van der Waals surface area contributed by atoms with Crippen molar-refractivity contribution in [2.24, 2.45) is 0 Å². The van der Waals surface area contributed by atoms with Crippen LogP contribution in [-0.4, -0.2) is 22.7 Å². The molecule has 0 saturated carbocycles. The third-order valence-corrected chi connectivity index (χ3v) is 3.74. The summed E-state index contributed by atoms with van der Waals surface area (Å²) in [6.07, 6.45) is -0.464. The molecule has 5 heteroatoms. The Kier molecular flexibility index (Phi) is 5.13. The van der Waals surface area contributed by atoms with Gasteiger partial charge in [-0.1, -0.05) is 6.07 Å². The average Bonchev–Trinajstić information content (AvgIpc) is 2.31. The molecule has 0 radical (unpaired) electrons. The summed E-state index contributed by atoms with van der Waals surface area (Å²) in [5.41, 5.74) is 7.21. The van der Waals surface area contributed by atoms with Crippen molar-refractivity contribution >= 4 is 16.5 Å². The Morgan fingerprint density at radius 1 is 1.59 bits per heavy atom. The Balaban J connectivity index is 2.59. The molecule has 0 heterocycles. The molecule has 92 valence electrons. The fourth-order valence-corrected chi connectivity index (χ4v) is 2.47. The Morgan fingerprint density at radius 2 is 2.29 bits per heavy atom. The number of nitrogens with two attached hydrogens (primary N) is 1. The molecule has 0 amide bonds. The zero-order valence-electron chi connectivity index (χ0n) is 9.97. The highest BCUT2D eigenvalue weighted by molar-refractivity contribution is 7.85. The number of rotatable bonds is 5. The first-order valence-corrected chi connectivity index (χ1v) is 6.62. The Labute approximate surface area is 104 Å². The molecule has 17 heavy (non-hydrogen) atoms. The van der Waals surface area contributed by atoms with Gasteiger partial charge in [0.2, 0.25) is 0 Å². The third kappa shape index (κ3) is 4.17. The number of benzene rings is 1. The molecule has 1 aromatic carbocycles. The van der Waals surface area contributed by atoms with Crippen molar-refractivity contribution in [1.29, 1.82) is 5.26 Å². The highest BCUT2D eigenvalue weighted by atomic mass is 32.2. The highest BCUT2D eigenvalue weighted by Crippen LogP contribution is 2.16. The van der Waals surface area contributed by atoms with Crippen LogP contribution in [0.3, 0.4) is 0 Å². The summed E-state index contributed by atoms with van der Waals surface area (Å²) >= 11 is 0. The molecular weight excluding hydrogens is 236 g/mol. The number of nitrogen functional groups attached to an aromatic ring is 1. The number of ether oxygens (including phenoxy) is 1. The van der Waals surface area contributed by atoms with Gasteiger partial charge in [-0.15, -0.1) is 0 Å². The smallest absolute Gasteiger partial charge is 0.141 e. The lowest BCUT2D eigenvalue weighted by Gasteiger charge is -2.08. The molecule has 2 N–H and O–H groups in total. The van der Waals surface area contributed by atoms with Crippen molar-refractivity contribution in [2.75, 3.05) is 18.1 Å². The van der Waals surface area contributed by atoms with E-state index in [1.807, 2.05) is 19.1 Å². The van der Waals surface area contributed by atoms with Gasteiger partial charge in [0.25, 0.3) is 0 Å². The van der Waals surface area contributed by atoms with Crippen molar-refractivity contribution in [3.05, 3.63) is 23.8 Å². The van der Waals surface area contributed by atoms with Gasteiger partial charge in [-0.2, -0.15) is 5.26 Å². The van der Waals surface area contributed by atoms with Crippen molar-refractivity contribution in [2.45, 2.75) is 24.8 Å². The molecule has 0 spiro atoms. The summed E-state index contributed by atoms with van der Waals surface area (Å²) in [5.74, 6) is 0.371. The first-order valence-electron chi connectivity index (χ1n) is 5.30. The van der Waals surface area contributed by atoms with E-state index in [4.69, 9.17) is 15.7 Å². The molecular formula is C12H16N2O2S. The lowest BCUT2D eigenvalue weighted by Crippen LogP contribution is -2.12. The SMILES string of the molecule is Cc1ccc(N)cc1S(=O)CCOC(C)C#N. The first kappa shape index (κ1) is 13.7. The largest absolute Gasteiger partial charge is 0.399 e. The quantitative estimate of drug-likeness (QED) is 0.808. The van der Waals surface area contributed by atoms with E-state index in [9.17, 15) is 4.21 Å². The molecule has 2 unspecified atom stereocenters. The van der Waals surface area contributed by atoms with Crippen LogP contribution in [0.5, 0.6) is 0 Å². The van der Waals surface area contributed by atoms with Gasteiger partial charge < -0.3 is 10.5 Å². The van der Waals surface area contributed by atoms with Crippen LogP contribution < -0.4 is 5.73 Å². The van der Waals surface area contributed by atoms with Gasteiger partial charge in [0.05, 0.1) is 29.2 Å². The maximum atomic E-state index is 12.0. The molecule has 0 bridgehead atoms. The second-order valence-electron chi connectivity index (χ2n) is 3.72. The lowest BCUT2D eigenvalue weighted by molar-refractivity contribution is 0.116. The first-order chi connectivity index (χ1) is 8.04. The zero-order chi connectivity index (χ0) is 12.8. The van der Waals surface area contributed by atoms with E-state index in [-0.39, 0.29) is 0 Å². The number of nitrogens with zero attached hydrogens (tertiary/aromatic N) is 1. The van der Waals surface area contributed by atoms with Crippen LogP contribution >= 0.6 is 0 Å². The third-order valence-electron chi connectivity index (χ3n) is 2.28. The van der Waals surface area contributed by atoms with E-state index >= 15 is 0 Å². The predicted octanol–water partition coefficient (Wildman–Crippen LogP) is 1.61. The number of anilines is 1. The molecule has 1 aromatic rings. The Hall–Kier alpha value is -1.38.